The molecule has 126 valence electrons. The number of thiophene rings is 1. The highest BCUT2D eigenvalue weighted by atomic mass is 32.1. The van der Waals surface area contributed by atoms with Crippen LogP contribution in [-0.4, -0.2) is 30.3 Å². The minimum Gasteiger partial charge on any atom is -0.333 e. The van der Waals surface area contributed by atoms with E-state index in [0.29, 0.717) is 0 Å². The van der Waals surface area contributed by atoms with Crippen molar-refractivity contribution in [2.45, 2.75) is 20.3 Å². The zero-order chi connectivity index (χ0) is 17.5. The first-order chi connectivity index (χ1) is 11.5. The predicted molar refractivity (Wildman–Crippen MR) is 100 cm³/mol. The smallest absolute Gasteiger partial charge is 0.246 e. The molecule has 0 aliphatic carbocycles. The largest absolute Gasteiger partial charge is 0.333 e. The Hall–Kier alpha value is -2.40. The van der Waals surface area contributed by atoms with Gasteiger partial charge in [0.05, 0.1) is 6.54 Å². The molecular formula is C19H22N2O2S. The molecule has 0 aliphatic rings. The SMILES string of the molecule is CCc1ccccc1NC(=O)CN(C)C(=O)/C=C/c1sccc1C. The molecule has 0 fully saturated rings. The number of aryl methyl sites for hydroxylation is 2. The van der Waals surface area contributed by atoms with E-state index in [1.165, 1.54) is 11.0 Å². The van der Waals surface area contributed by atoms with Gasteiger partial charge >= 0.3 is 0 Å². The average Bonchev–Trinajstić information content (AvgIpc) is 2.98. The summed E-state index contributed by atoms with van der Waals surface area (Å²) in [6.45, 7) is 4.06. The molecule has 0 bridgehead atoms. The van der Waals surface area contributed by atoms with Crippen LogP contribution in [0.5, 0.6) is 0 Å². The van der Waals surface area contributed by atoms with E-state index in [0.717, 1.165) is 28.1 Å². The molecule has 1 N–H and O–H groups in total. The lowest BCUT2D eigenvalue weighted by atomic mass is 10.1. The predicted octanol–water partition coefficient (Wildman–Crippen LogP) is 3.73. The number of hydrogen-bond donors (Lipinski definition) is 1. The van der Waals surface area contributed by atoms with Gasteiger partial charge in [-0.1, -0.05) is 25.1 Å². The number of benzene rings is 1. The second kappa shape index (κ2) is 8.45. The minimum absolute atomic E-state index is 0.0185. The Morgan fingerprint density at radius 2 is 2.00 bits per heavy atom. The summed E-state index contributed by atoms with van der Waals surface area (Å²) in [7, 11) is 1.62. The van der Waals surface area contributed by atoms with E-state index in [2.05, 4.69) is 5.32 Å². The van der Waals surface area contributed by atoms with Crippen LogP contribution in [0.15, 0.2) is 41.8 Å². The Labute approximate surface area is 146 Å². The van der Waals surface area contributed by atoms with Crippen LogP contribution in [0.2, 0.25) is 0 Å². The van der Waals surface area contributed by atoms with Crippen molar-refractivity contribution >= 4 is 34.9 Å². The molecule has 24 heavy (non-hydrogen) atoms. The lowest BCUT2D eigenvalue weighted by Crippen LogP contribution is -2.34. The van der Waals surface area contributed by atoms with E-state index in [-0.39, 0.29) is 18.4 Å². The summed E-state index contributed by atoms with van der Waals surface area (Å²) in [5.41, 5.74) is 3.02. The normalized spacial score (nSPS) is 10.8. The lowest BCUT2D eigenvalue weighted by Gasteiger charge is -2.16. The Bertz CT molecular complexity index is 749. The maximum Gasteiger partial charge on any atom is 0.246 e. The fourth-order valence-electron chi connectivity index (χ4n) is 2.26. The van der Waals surface area contributed by atoms with Crippen LogP contribution in [0.4, 0.5) is 5.69 Å². The van der Waals surface area contributed by atoms with Crippen molar-refractivity contribution in [3.63, 3.8) is 0 Å². The molecule has 2 aromatic rings. The van der Waals surface area contributed by atoms with Crippen LogP contribution in [0, 0.1) is 6.92 Å². The fourth-order valence-corrected chi connectivity index (χ4v) is 3.08. The number of rotatable bonds is 6. The van der Waals surface area contributed by atoms with Gasteiger partial charge in [0.1, 0.15) is 0 Å². The fraction of sp³-hybridized carbons (Fsp3) is 0.263. The number of nitrogens with zero attached hydrogens (tertiary/aromatic N) is 1. The summed E-state index contributed by atoms with van der Waals surface area (Å²) in [4.78, 5) is 26.7. The molecular weight excluding hydrogens is 320 g/mol. The first-order valence-corrected chi connectivity index (χ1v) is 8.74. The van der Waals surface area contributed by atoms with Crippen molar-refractivity contribution in [2.24, 2.45) is 0 Å². The second-order valence-electron chi connectivity index (χ2n) is 5.55. The number of amides is 2. The zero-order valence-electron chi connectivity index (χ0n) is 14.2. The summed E-state index contributed by atoms with van der Waals surface area (Å²) in [6, 6.07) is 9.70. The Kier molecular flexibility index (Phi) is 6.32. The molecule has 0 saturated carbocycles. The first kappa shape index (κ1) is 17.9. The highest BCUT2D eigenvalue weighted by Gasteiger charge is 2.12. The van der Waals surface area contributed by atoms with Gasteiger partial charge in [0.2, 0.25) is 11.8 Å². The summed E-state index contributed by atoms with van der Waals surface area (Å²) in [5.74, 6) is -0.394. The average molecular weight is 342 g/mol. The molecule has 2 rings (SSSR count). The van der Waals surface area contributed by atoms with E-state index in [1.807, 2.05) is 49.6 Å². The molecule has 0 saturated heterocycles. The molecule has 1 aromatic carbocycles. The number of para-hydroxylation sites is 1. The van der Waals surface area contributed by atoms with Crippen LogP contribution in [-0.2, 0) is 16.0 Å². The van der Waals surface area contributed by atoms with Gasteiger partial charge in [-0.2, -0.15) is 0 Å². The molecule has 5 heteroatoms. The van der Waals surface area contributed by atoms with E-state index in [4.69, 9.17) is 0 Å². The Morgan fingerprint density at radius 1 is 1.25 bits per heavy atom. The number of carbonyl (C=O) groups is 2. The van der Waals surface area contributed by atoms with Crippen molar-refractivity contribution in [1.82, 2.24) is 4.90 Å². The molecule has 4 nitrogen and oxygen atoms in total. The number of likely N-dealkylation sites (N-methyl/N-ethyl adjacent to an activating group) is 1. The number of hydrogen-bond acceptors (Lipinski definition) is 3. The monoisotopic (exact) mass is 342 g/mol. The van der Waals surface area contributed by atoms with E-state index >= 15 is 0 Å². The standard InChI is InChI=1S/C19H22N2O2S/c1-4-15-7-5-6-8-16(15)20-18(22)13-21(3)19(23)10-9-17-14(2)11-12-24-17/h5-12H,4,13H2,1-3H3,(H,20,22)/b10-9+. The van der Waals surface area contributed by atoms with Crippen molar-refractivity contribution < 1.29 is 9.59 Å². The van der Waals surface area contributed by atoms with Crippen LogP contribution in [0.1, 0.15) is 22.9 Å². The Balaban J connectivity index is 1.92. The molecule has 1 heterocycles. The van der Waals surface area contributed by atoms with Crippen LogP contribution in [0.25, 0.3) is 6.08 Å². The lowest BCUT2D eigenvalue weighted by molar-refractivity contribution is -0.129. The molecule has 2 amide bonds. The van der Waals surface area contributed by atoms with Gasteiger partial charge < -0.3 is 10.2 Å². The van der Waals surface area contributed by atoms with Crippen molar-refractivity contribution in [1.29, 1.82) is 0 Å². The molecule has 1 aromatic heterocycles. The van der Waals surface area contributed by atoms with Gasteiger partial charge in [0.25, 0.3) is 0 Å². The van der Waals surface area contributed by atoms with Crippen molar-refractivity contribution in [3.05, 3.63) is 57.8 Å². The van der Waals surface area contributed by atoms with Gasteiger partial charge in [-0.15, -0.1) is 11.3 Å². The number of anilines is 1. The Morgan fingerprint density at radius 3 is 2.67 bits per heavy atom. The third-order valence-electron chi connectivity index (χ3n) is 3.71. The van der Waals surface area contributed by atoms with Gasteiger partial charge in [-0.3, -0.25) is 9.59 Å². The summed E-state index contributed by atoms with van der Waals surface area (Å²) < 4.78 is 0. The summed E-state index contributed by atoms with van der Waals surface area (Å²) in [5, 5.41) is 4.86. The van der Waals surface area contributed by atoms with Crippen LogP contribution < -0.4 is 5.32 Å². The van der Waals surface area contributed by atoms with Gasteiger partial charge in [0.15, 0.2) is 0 Å². The van der Waals surface area contributed by atoms with Crippen molar-refractivity contribution in [3.8, 4) is 0 Å². The maximum absolute atomic E-state index is 12.2. The highest BCUT2D eigenvalue weighted by Crippen LogP contribution is 2.17. The molecule has 0 atom stereocenters. The van der Waals surface area contributed by atoms with Gasteiger partial charge in [0, 0.05) is 23.7 Å². The van der Waals surface area contributed by atoms with E-state index in [1.54, 1.807) is 24.5 Å². The quantitative estimate of drug-likeness (QED) is 0.813. The summed E-state index contributed by atoms with van der Waals surface area (Å²) >= 11 is 1.59. The second-order valence-corrected chi connectivity index (χ2v) is 6.50. The third kappa shape index (κ3) is 4.80. The minimum atomic E-state index is -0.201. The molecule has 0 unspecified atom stereocenters. The van der Waals surface area contributed by atoms with Gasteiger partial charge in [-0.25, -0.2) is 0 Å². The third-order valence-corrected chi connectivity index (χ3v) is 4.69. The number of nitrogens with one attached hydrogen (secondary N) is 1. The van der Waals surface area contributed by atoms with Crippen LogP contribution >= 0.6 is 11.3 Å². The van der Waals surface area contributed by atoms with E-state index in [9.17, 15) is 9.59 Å². The first-order valence-electron chi connectivity index (χ1n) is 7.86. The van der Waals surface area contributed by atoms with E-state index < -0.39 is 0 Å². The molecule has 0 aliphatic heterocycles. The van der Waals surface area contributed by atoms with Crippen molar-refractivity contribution in [2.75, 3.05) is 18.9 Å². The maximum atomic E-state index is 12.2. The zero-order valence-corrected chi connectivity index (χ0v) is 15.0. The molecule has 0 spiro atoms. The highest BCUT2D eigenvalue weighted by molar-refractivity contribution is 7.11. The summed E-state index contributed by atoms with van der Waals surface area (Å²) in [6.07, 6.45) is 4.14. The number of carbonyl (C=O) groups excluding carboxylic acids is 2. The van der Waals surface area contributed by atoms with Gasteiger partial charge in [-0.05, 0) is 48.1 Å². The topological polar surface area (TPSA) is 49.4 Å². The van der Waals surface area contributed by atoms with Crippen LogP contribution in [0.3, 0.4) is 0 Å². The molecule has 0 radical (unpaired) electrons.